The monoisotopic (exact) mass is 725 g/mol. The van der Waals surface area contributed by atoms with E-state index in [0.717, 1.165) is 38.5 Å². The summed E-state index contributed by atoms with van der Waals surface area (Å²) in [5.41, 5.74) is 0. The molecule has 0 aromatic carbocycles. The molecule has 0 unspecified atom stereocenters. The maximum Gasteiger partial charge on any atom is 0.619 e. The lowest BCUT2D eigenvalue weighted by Crippen LogP contribution is -2.33. The zero-order chi connectivity index (χ0) is 36.4. The maximum absolute atomic E-state index is 12.6. The van der Waals surface area contributed by atoms with Crippen LogP contribution in [0.3, 0.4) is 0 Å². The Morgan fingerprint density at radius 3 is 0.800 bits per heavy atom. The molecule has 0 radical (unpaired) electrons. The molecule has 0 bridgehead atoms. The van der Waals surface area contributed by atoms with Crippen molar-refractivity contribution in [3.05, 3.63) is 0 Å². The van der Waals surface area contributed by atoms with Crippen LogP contribution in [0.4, 0.5) is 0 Å². The fourth-order valence-electron chi connectivity index (χ4n) is 6.77. The van der Waals surface area contributed by atoms with Crippen LogP contribution >= 0.6 is 0 Å². The Balaban J connectivity index is 4.02. The molecule has 0 aliphatic carbocycles. The molecular weight excluding hydrogens is 637 g/mol. The number of hydrogen-bond donors (Lipinski definition) is 0. The van der Waals surface area contributed by atoms with Gasteiger partial charge in [-0.2, -0.15) is 0 Å². The van der Waals surface area contributed by atoms with Gasteiger partial charge < -0.3 is 13.3 Å². The van der Waals surface area contributed by atoms with Crippen LogP contribution in [0.2, 0.25) is 0 Å². The third kappa shape index (κ3) is 39.9. The molecule has 5 nitrogen and oxygen atoms in total. The average molecular weight is 725 g/mol. The Morgan fingerprint density at radius 2 is 0.540 bits per heavy atom. The Morgan fingerprint density at radius 1 is 0.320 bits per heavy atom. The SMILES string of the molecule is CCCCCCCCCCCCCCCCCC(=O)O[SiH](OCCCCCCCC)OC(=O)CCCCCCCCCCCCCCCCC. The summed E-state index contributed by atoms with van der Waals surface area (Å²) in [5.74, 6) is -0.529. The highest BCUT2D eigenvalue weighted by Gasteiger charge is 2.25. The molecule has 0 aromatic rings. The van der Waals surface area contributed by atoms with Gasteiger partial charge in [-0.1, -0.05) is 233 Å². The summed E-state index contributed by atoms with van der Waals surface area (Å²) >= 11 is 0. The van der Waals surface area contributed by atoms with E-state index in [1.165, 1.54) is 193 Å². The van der Waals surface area contributed by atoms with Gasteiger partial charge in [-0.25, -0.2) is 0 Å². The number of carbonyl (C=O) groups is 2. The van der Waals surface area contributed by atoms with Crippen LogP contribution in [-0.4, -0.2) is 28.1 Å². The van der Waals surface area contributed by atoms with Crippen LogP contribution < -0.4 is 0 Å². The van der Waals surface area contributed by atoms with Crippen LogP contribution in [0, 0.1) is 0 Å². The molecule has 0 aromatic heterocycles. The molecule has 0 amide bonds. The van der Waals surface area contributed by atoms with Crippen LogP contribution in [0.1, 0.15) is 265 Å². The fourth-order valence-corrected chi connectivity index (χ4v) is 7.98. The van der Waals surface area contributed by atoms with E-state index in [4.69, 9.17) is 13.3 Å². The van der Waals surface area contributed by atoms with Crippen molar-refractivity contribution in [2.45, 2.75) is 265 Å². The molecule has 0 atom stereocenters. The van der Waals surface area contributed by atoms with Crippen molar-refractivity contribution in [1.82, 2.24) is 0 Å². The molecule has 0 spiro atoms. The van der Waals surface area contributed by atoms with Gasteiger partial charge >= 0.3 is 9.53 Å². The van der Waals surface area contributed by atoms with Gasteiger partial charge in [0.1, 0.15) is 0 Å². The first-order valence-electron chi connectivity index (χ1n) is 22.6. The predicted molar refractivity (Wildman–Crippen MR) is 218 cm³/mol. The van der Waals surface area contributed by atoms with Gasteiger partial charge in [0, 0.05) is 19.4 Å². The molecule has 0 saturated heterocycles. The fraction of sp³-hybridized carbons (Fsp3) is 0.955. The Labute approximate surface area is 314 Å². The van der Waals surface area contributed by atoms with Crippen molar-refractivity contribution in [3.63, 3.8) is 0 Å². The van der Waals surface area contributed by atoms with Gasteiger partial charge in [-0.3, -0.25) is 9.59 Å². The predicted octanol–water partition coefficient (Wildman–Crippen LogP) is 14.7. The highest BCUT2D eigenvalue weighted by molar-refractivity contribution is 6.41. The minimum absolute atomic E-state index is 0.265. The van der Waals surface area contributed by atoms with Crippen LogP contribution in [0.25, 0.3) is 0 Å². The smallest absolute Gasteiger partial charge is 0.467 e. The quantitative estimate of drug-likeness (QED) is 0.0463. The molecule has 0 N–H and O–H groups in total. The summed E-state index contributed by atoms with van der Waals surface area (Å²) in [5, 5.41) is 0. The number of hydrogen-bond acceptors (Lipinski definition) is 5. The van der Waals surface area contributed by atoms with Crippen molar-refractivity contribution in [3.8, 4) is 0 Å². The zero-order valence-corrected chi connectivity index (χ0v) is 35.4. The molecule has 0 fully saturated rings. The van der Waals surface area contributed by atoms with Crippen molar-refractivity contribution in [2.24, 2.45) is 0 Å². The first-order chi connectivity index (χ1) is 24.6. The number of rotatable bonds is 42. The molecule has 0 saturated carbocycles. The van der Waals surface area contributed by atoms with E-state index in [-0.39, 0.29) is 11.9 Å². The van der Waals surface area contributed by atoms with Crippen LogP contribution in [0.5, 0.6) is 0 Å². The summed E-state index contributed by atoms with van der Waals surface area (Å²) in [7, 11) is -2.80. The minimum Gasteiger partial charge on any atom is -0.467 e. The lowest BCUT2D eigenvalue weighted by molar-refractivity contribution is -0.143. The van der Waals surface area contributed by atoms with Gasteiger partial charge in [-0.15, -0.1) is 0 Å². The summed E-state index contributed by atoms with van der Waals surface area (Å²) in [6, 6.07) is 0. The van der Waals surface area contributed by atoms with Gasteiger partial charge in [-0.05, 0) is 19.3 Å². The molecule has 298 valence electrons. The lowest BCUT2D eigenvalue weighted by Gasteiger charge is -2.16. The third-order valence-electron chi connectivity index (χ3n) is 10.2. The van der Waals surface area contributed by atoms with Crippen LogP contribution in [-0.2, 0) is 22.9 Å². The van der Waals surface area contributed by atoms with Crippen molar-refractivity contribution < 1.29 is 22.9 Å². The van der Waals surface area contributed by atoms with E-state index in [1.807, 2.05) is 0 Å². The standard InChI is InChI=1S/C44H88O5Si/c1-4-7-10-13-16-18-20-22-24-26-28-30-32-34-37-40-43(45)48-50(47-42-39-36-15-12-9-6-3)49-44(46)41-38-35-33-31-29-27-25-23-21-19-17-14-11-8-5-2/h50H,4-42H2,1-3H3. The van der Waals surface area contributed by atoms with Crippen molar-refractivity contribution in [1.29, 1.82) is 0 Å². The summed E-state index contributed by atoms with van der Waals surface area (Å²) < 4.78 is 17.2. The largest absolute Gasteiger partial charge is 0.619 e. The van der Waals surface area contributed by atoms with Crippen molar-refractivity contribution >= 4 is 21.5 Å². The van der Waals surface area contributed by atoms with E-state index < -0.39 is 9.53 Å². The average Bonchev–Trinajstić information content (AvgIpc) is 3.11. The second-order valence-electron chi connectivity index (χ2n) is 15.3. The normalized spacial score (nSPS) is 11.4. The van der Waals surface area contributed by atoms with E-state index in [1.54, 1.807) is 0 Å². The van der Waals surface area contributed by atoms with Gasteiger partial charge in [0.15, 0.2) is 0 Å². The van der Waals surface area contributed by atoms with Gasteiger partial charge in [0.2, 0.25) is 0 Å². The summed E-state index contributed by atoms with van der Waals surface area (Å²) in [6.07, 6.45) is 46.7. The van der Waals surface area contributed by atoms with Gasteiger partial charge in [0.25, 0.3) is 11.9 Å². The highest BCUT2D eigenvalue weighted by atomic mass is 28.3. The molecule has 6 heteroatoms. The second-order valence-corrected chi connectivity index (χ2v) is 16.7. The van der Waals surface area contributed by atoms with E-state index in [9.17, 15) is 9.59 Å². The highest BCUT2D eigenvalue weighted by Crippen LogP contribution is 2.16. The summed E-state index contributed by atoms with van der Waals surface area (Å²) in [6.45, 7) is 7.28. The molecular formula is C44H88O5Si. The van der Waals surface area contributed by atoms with E-state index in [2.05, 4.69) is 20.8 Å². The van der Waals surface area contributed by atoms with Crippen molar-refractivity contribution in [2.75, 3.05) is 6.61 Å². The number of unbranched alkanes of at least 4 members (excludes halogenated alkanes) is 33. The van der Waals surface area contributed by atoms with Crippen LogP contribution in [0.15, 0.2) is 0 Å². The Kier molecular flexibility index (Phi) is 41.8. The minimum atomic E-state index is -2.80. The first kappa shape index (κ1) is 49.1. The van der Waals surface area contributed by atoms with Gasteiger partial charge in [0.05, 0.1) is 0 Å². The molecule has 0 heterocycles. The number of carbonyl (C=O) groups excluding carboxylic acids is 2. The summed E-state index contributed by atoms with van der Waals surface area (Å²) in [4.78, 5) is 25.2. The lowest BCUT2D eigenvalue weighted by atomic mass is 10.0. The topological polar surface area (TPSA) is 61.8 Å². The second kappa shape index (κ2) is 42.5. The molecule has 0 aliphatic rings. The molecule has 0 aliphatic heterocycles. The Hall–Kier alpha value is -0.883. The third-order valence-corrected chi connectivity index (χ3v) is 11.6. The first-order valence-corrected chi connectivity index (χ1v) is 24.1. The molecule has 50 heavy (non-hydrogen) atoms. The van der Waals surface area contributed by atoms with E-state index in [0.29, 0.717) is 19.4 Å². The maximum atomic E-state index is 12.6. The zero-order valence-electron chi connectivity index (χ0n) is 34.2. The van der Waals surface area contributed by atoms with E-state index >= 15 is 0 Å². The Bertz CT molecular complexity index is 639. The molecule has 0 rings (SSSR count).